The van der Waals surface area contributed by atoms with Crippen LogP contribution in [-0.4, -0.2) is 32.2 Å². The Morgan fingerprint density at radius 3 is 2.76 bits per heavy atom. The van der Waals surface area contributed by atoms with E-state index in [0.717, 1.165) is 49.0 Å². The topological polar surface area (TPSA) is 77.0 Å². The predicted octanol–water partition coefficient (Wildman–Crippen LogP) is 1.40. The Bertz CT molecular complexity index is 316. The van der Waals surface area contributed by atoms with Crippen molar-refractivity contribution in [3.8, 4) is 0 Å². The van der Waals surface area contributed by atoms with Gasteiger partial charge in [-0.25, -0.2) is 0 Å². The van der Waals surface area contributed by atoms with Gasteiger partial charge in [-0.3, -0.25) is 0 Å². The summed E-state index contributed by atoms with van der Waals surface area (Å²) in [5.74, 6) is 1.89. The minimum absolute atomic E-state index is 0.286. The van der Waals surface area contributed by atoms with Gasteiger partial charge in [0.2, 0.25) is 0 Å². The molecule has 0 amide bonds. The lowest BCUT2D eigenvalue weighted by Gasteiger charge is -2.07. The van der Waals surface area contributed by atoms with E-state index in [2.05, 4.69) is 21.7 Å². The third-order valence-corrected chi connectivity index (χ3v) is 3.51. The van der Waals surface area contributed by atoms with E-state index in [9.17, 15) is 0 Å². The van der Waals surface area contributed by atoms with Crippen LogP contribution in [0.3, 0.4) is 0 Å². The van der Waals surface area contributed by atoms with Gasteiger partial charge < -0.3 is 15.4 Å². The van der Waals surface area contributed by atoms with Gasteiger partial charge in [0.25, 0.3) is 0 Å². The number of nitrogens with two attached hydrogens (primary N) is 1. The maximum atomic E-state index is 8.68. The van der Waals surface area contributed by atoms with Crippen molar-refractivity contribution in [3.05, 3.63) is 5.82 Å². The number of nitrogens with zero attached hydrogens (tertiary/aromatic N) is 3. The van der Waals surface area contributed by atoms with Gasteiger partial charge in [-0.05, 0) is 19.3 Å². The number of hydrogen-bond acceptors (Lipinski definition) is 5. The molecule has 0 atom stereocenters. The highest BCUT2D eigenvalue weighted by Crippen LogP contribution is 2.19. The van der Waals surface area contributed by atoms with E-state index in [1.165, 1.54) is 0 Å². The number of rotatable bonds is 9. The van der Waals surface area contributed by atoms with Crippen LogP contribution in [0.15, 0.2) is 5.16 Å². The molecular weight excluding hydrogens is 236 g/mol. The third kappa shape index (κ3) is 4.65. The summed E-state index contributed by atoms with van der Waals surface area (Å²) in [6.07, 6.45) is 4.11. The minimum atomic E-state index is 0.286. The standard InChI is InChI=1S/C11H22N4OS/c1-2-6-15-10(9-12)13-14-11(15)17-8-5-3-4-7-16/h16H,2-9,12H2,1H3. The van der Waals surface area contributed by atoms with Crippen molar-refractivity contribution in [3.63, 3.8) is 0 Å². The van der Waals surface area contributed by atoms with Gasteiger partial charge in [0.1, 0.15) is 5.82 Å². The molecule has 0 radical (unpaired) electrons. The first-order valence-corrected chi connectivity index (χ1v) is 7.17. The highest BCUT2D eigenvalue weighted by atomic mass is 32.2. The summed E-state index contributed by atoms with van der Waals surface area (Å²) in [4.78, 5) is 0. The largest absolute Gasteiger partial charge is 0.396 e. The average molecular weight is 258 g/mol. The second-order valence-corrected chi connectivity index (χ2v) is 4.95. The lowest BCUT2D eigenvalue weighted by molar-refractivity contribution is 0.284. The first-order valence-electron chi connectivity index (χ1n) is 6.19. The van der Waals surface area contributed by atoms with Crippen LogP contribution in [0.5, 0.6) is 0 Å². The number of aliphatic hydroxyl groups is 1. The molecule has 1 aromatic heterocycles. The van der Waals surface area contributed by atoms with Crippen LogP contribution < -0.4 is 5.73 Å². The molecule has 0 aromatic carbocycles. The summed E-state index contributed by atoms with van der Waals surface area (Å²) >= 11 is 1.73. The first kappa shape index (κ1) is 14.5. The van der Waals surface area contributed by atoms with Crippen molar-refractivity contribution >= 4 is 11.8 Å². The Balaban J connectivity index is 2.43. The summed E-state index contributed by atoms with van der Waals surface area (Å²) < 4.78 is 2.11. The zero-order valence-electron chi connectivity index (χ0n) is 10.4. The fraction of sp³-hybridized carbons (Fsp3) is 0.818. The summed E-state index contributed by atoms with van der Waals surface area (Å²) in [5, 5.41) is 17.9. The van der Waals surface area contributed by atoms with Gasteiger partial charge in [0.05, 0.1) is 6.54 Å². The van der Waals surface area contributed by atoms with E-state index >= 15 is 0 Å². The van der Waals surface area contributed by atoms with E-state index in [1.54, 1.807) is 11.8 Å². The van der Waals surface area contributed by atoms with E-state index in [0.29, 0.717) is 6.54 Å². The molecule has 6 heteroatoms. The Morgan fingerprint density at radius 1 is 1.29 bits per heavy atom. The number of aromatic nitrogens is 3. The number of hydrogen-bond donors (Lipinski definition) is 2. The molecule has 0 bridgehead atoms. The summed E-state index contributed by atoms with van der Waals surface area (Å²) in [6.45, 7) is 3.79. The van der Waals surface area contributed by atoms with Gasteiger partial charge in [-0.15, -0.1) is 10.2 Å². The molecule has 1 heterocycles. The highest BCUT2D eigenvalue weighted by molar-refractivity contribution is 7.99. The number of aliphatic hydroxyl groups excluding tert-OH is 1. The van der Waals surface area contributed by atoms with Crippen LogP contribution in [0, 0.1) is 0 Å². The zero-order valence-corrected chi connectivity index (χ0v) is 11.2. The SMILES string of the molecule is CCCn1c(CN)nnc1SCCCCCO. The zero-order chi connectivity index (χ0) is 12.5. The smallest absolute Gasteiger partial charge is 0.191 e. The first-order chi connectivity index (χ1) is 8.33. The molecule has 98 valence electrons. The van der Waals surface area contributed by atoms with E-state index in [4.69, 9.17) is 10.8 Å². The number of unbranched alkanes of at least 4 members (excludes halogenated alkanes) is 2. The molecule has 0 saturated heterocycles. The van der Waals surface area contributed by atoms with Gasteiger partial charge in [0, 0.05) is 18.9 Å². The molecule has 0 aliphatic heterocycles. The maximum Gasteiger partial charge on any atom is 0.191 e. The molecule has 1 rings (SSSR count). The van der Waals surface area contributed by atoms with E-state index in [-0.39, 0.29) is 6.61 Å². The van der Waals surface area contributed by atoms with Crippen LogP contribution in [0.1, 0.15) is 38.4 Å². The summed E-state index contributed by atoms with van der Waals surface area (Å²) in [5.41, 5.74) is 5.63. The molecule has 0 aliphatic carbocycles. The molecular formula is C11H22N4OS. The van der Waals surface area contributed by atoms with Gasteiger partial charge >= 0.3 is 0 Å². The van der Waals surface area contributed by atoms with Crippen LogP contribution in [-0.2, 0) is 13.1 Å². The summed E-state index contributed by atoms with van der Waals surface area (Å²) in [6, 6.07) is 0. The average Bonchev–Trinajstić information content (AvgIpc) is 2.72. The van der Waals surface area contributed by atoms with Crippen LogP contribution in [0.25, 0.3) is 0 Å². The Kier molecular flexibility index (Phi) is 7.23. The number of thioether (sulfide) groups is 1. The van der Waals surface area contributed by atoms with Crippen molar-refractivity contribution in [1.82, 2.24) is 14.8 Å². The fourth-order valence-electron chi connectivity index (χ4n) is 1.58. The molecule has 17 heavy (non-hydrogen) atoms. The highest BCUT2D eigenvalue weighted by Gasteiger charge is 2.09. The van der Waals surface area contributed by atoms with Crippen molar-refractivity contribution in [2.75, 3.05) is 12.4 Å². The van der Waals surface area contributed by atoms with Crippen molar-refractivity contribution in [2.24, 2.45) is 5.73 Å². The molecule has 0 fully saturated rings. The van der Waals surface area contributed by atoms with Crippen molar-refractivity contribution in [2.45, 2.75) is 50.9 Å². The quantitative estimate of drug-likeness (QED) is 0.517. The van der Waals surface area contributed by atoms with Gasteiger partial charge in [0.15, 0.2) is 5.16 Å². The Hall–Kier alpha value is -0.590. The lowest BCUT2D eigenvalue weighted by Crippen LogP contribution is -2.09. The van der Waals surface area contributed by atoms with Crippen molar-refractivity contribution in [1.29, 1.82) is 0 Å². The van der Waals surface area contributed by atoms with Crippen LogP contribution in [0.2, 0.25) is 0 Å². The second-order valence-electron chi connectivity index (χ2n) is 3.89. The maximum absolute atomic E-state index is 8.68. The Morgan fingerprint density at radius 2 is 2.12 bits per heavy atom. The third-order valence-electron chi connectivity index (χ3n) is 2.46. The molecule has 5 nitrogen and oxygen atoms in total. The molecule has 0 aliphatic rings. The molecule has 0 saturated carbocycles. The van der Waals surface area contributed by atoms with E-state index in [1.807, 2.05) is 0 Å². The molecule has 3 N–H and O–H groups in total. The monoisotopic (exact) mass is 258 g/mol. The van der Waals surface area contributed by atoms with Gasteiger partial charge in [-0.1, -0.05) is 25.1 Å². The Labute approximate surface area is 107 Å². The molecule has 1 aromatic rings. The second kappa shape index (κ2) is 8.49. The van der Waals surface area contributed by atoms with Crippen LogP contribution in [0.4, 0.5) is 0 Å². The van der Waals surface area contributed by atoms with E-state index < -0.39 is 0 Å². The normalized spacial score (nSPS) is 11.0. The molecule has 0 spiro atoms. The fourth-order valence-corrected chi connectivity index (χ4v) is 2.56. The van der Waals surface area contributed by atoms with Crippen LogP contribution >= 0.6 is 11.8 Å². The van der Waals surface area contributed by atoms with Gasteiger partial charge in [-0.2, -0.15) is 0 Å². The molecule has 0 unspecified atom stereocenters. The minimum Gasteiger partial charge on any atom is -0.396 e. The van der Waals surface area contributed by atoms with Crippen molar-refractivity contribution < 1.29 is 5.11 Å². The predicted molar refractivity (Wildman–Crippen MR) is 69.9 cm³/mol. The lowest BCUT2D eigenvalue weighted by atomic mass is 10.3. The summed E-state index contributed by atoms with van der Waals surface area (Å²) in [7, 11) is 0.